The zero-order valence-corrected chi connectivity index (χ0v) is 14.6. The Balaban J connectivity index is 0.00000441. The van der Waals surface area contributed by atoms with Gasteiger partial charge < -0.3 is 16.4 Å². The van der Waals surface area contributed by atoms with Gasteiger partial charge in [0.05, 0.1) is 6.54 Å². The fraction of sp³-hybridized carbons (Fsp3) is 0.583. The number of hydrogen-bond acceptors (Lipinski definition) is 4. The number of anilines is 1. The van der Waals surface area contributed by atoms with E-state index >= 15 is 0 Å². The summed E-state index contributed by atoms with van der Waals surface area (Å²) >= 11 is 0. The van der Waals surface area contributed by atoms with Crippen molar-refractivity contribution >= 4 is 35.9 Å². The molecule has 10 heteroatoms. The van der Waals surface area contributed by atoms with Gasteiger partial charge in [0.15, 0.2) is 5.96 Å². The number of nitrogens with one attached hydrogen (secondary N) is 2. The second-order valence-electron chi connectivity index (χ2n) is 4.41. The van der Waals surface area contributed by atoms with Crippen LogP contribution in [0.1, 0.15) is 26.0 Å². The third kappa shape index (κ3) is 7.61. The van der Waals surface area contributed by atoms with Gasteiger partial charge in [-0.3, -0.25) is 4.99 Å². The lowest BCUT2D eigenvalue weighted by molar-refractivity contribution is -0.141. The number of hydrogen-bond donors (Lipinski definition) is 3. The van der Waals surface area contributed by atoms with Crippen molar-refractivity contribution in [2.24, 2.45) is 10.7 Å². The number of nitrogens with zero attached hydrogens (tertiary/aromatic N) is 3. The van der Waals surface area contributed by atoms with E-state index in [9.17, 15) is 13.2 Å². The maximum Gasteiger partial charge on any atom is 0.433 e. The largest absolute Gasteiger partial charge is 0.433 e. The summed E-state index contributed by atoms with van der Waals surface area (Å²) < 4.78 is 37.4. The molecule has 0 saturated carbocycles. The number of aliphatic imine (C=N–C) groups is 1. The van der Waals surface area contributed by atoms with Crippen LogP contribution in [0.5, 0.6) is 0 Å². The first-order valence-corrected chi connectivity index (χ1v) is 6.53. The van der Waals surface area contributed by atoms with E-state index in [0.717, 1.165) is 18.7 Å². The van der Waals surface area contributed by atoms with Crippen LogP contribution in [-0.2, 0) is 6.18 Å². The molecule has 1 unspecified atom stereocenters. The first-order chi connectivity index (χ1) is 9.82. The molecule has 0 saturated heterocycles. The van der Waals surface area contributed by atoms with Crippen LogP contribution in [0.2, 0.25) is 0 Å². The summed E-state index contributed by atoms with van der Waals surface area (Å²) in [5.41, 5.74) is 4.66. The average Bonchev–Trinajstić information content (AvgIpc) is 2.43. The average molecular weight is 432 g/mol. The topological polar surface area (TPSA) is 88.2 Å². The van der Waals surface area contributed by atoms with Crippen molar-refractivity contribution in [3.8, 4) is 0 Å². The van der Waals surface area contributed by atoms with Crippen molar-refractivity contribution in [1.82, 2.24) is 15.3 Å². The maximum absolute atomic E-state index is 12.5. The number of halogens is 4. The summed E-state index contributed by atoms with van der Waals surface area (Å²) in [6.45, 7) is 4.56. The summed E-state index contributed by atoms with van der Waals surface area (Å²) in [6, 6.07) is 1.03. The first-order valence-electron chi connectivity index (χ1n) is 6.53. The zero-order valence-electron chi connectivity index (χ0n) is 12.3. The van der Waals surface area contributed by atoms with Gasteiger partial charge in [-0.2, -0.15) is 13.2 Å². The molecule has 1 heterocycles. The van der Waals surface area contributed by atoms with Crippen molar-refractivity contribution in [2.75, 3.05) is 18.4 Å². The smallest absolute Gasteiger partial charge is 0.370 e. The highest BCUT2D eigenvalue weighted by Gasteiger charge is 2.32. The highest BCUT2D eigenvalue weighted by Crippen LogP contribution is 2.27. The molecule has 1 aromatic heterocycles. The van der Waals surface area contributed by atoms with Crippen molar-refractivity contribution in [3.63, 3.8) is 0 Å². The minimum atomic E-state index is -4.48. The molecular formula is C12H20F3IN6. The van der Waals surface area contributed by atoms with Gasteiger partial charge in [-0.25, -0.2) is 9.97 Å². The molecule has 0 spiro atoms. The Bertz CT molecular complexity index is 480. The molecule has 22 heavy (non-hydrogen) atoms. The van der Waals surface area contributed by atoms with Gasteiger partial charge in [0, 0.05) is 18.8 Å². The molecule has 0 aliphatic carbocycles. The lowest BCUT2D eigenvalue weighted by Gasteiger charge is -2.11. The van der Waals surface area contributed by atoms with E-state index in [1.54, 1.807) is 0 Å². The minimum Gasteiger partial charge on any atom is -0.370 e. The highest BCUT2D eigenvalue weighted by molar-refractivity contribution is 14.0. The summed E-state index contributed by atoms with van der Waals surface area (Å²) in [6.07, 6.45) is -2.52. The molecule has 4 N–H and O–H groups in total. The lowest BCUT2D eigenvalue weighted by atomic mass is 10.3. The molecule has 0 bridgehead atoms. The number of rotatable bonds is 6. The molecule has 6 nitrogen and oxygen atoms in total. The van der Waals surface area contributed by atoms with Crippen LogP contribution in [-0.4, -0.2) is 35.1 Å². The van der Waals surface area contributed by atoms with Crippen LogP contribution in [0.25, 0.3) is 0 Å². The Morgan fingerprint density at radius 3 is 2.73 bits per heavy atom. The van der Waals surface area contributed by atoms with Gasteiger partial charge in [0.2, 0.25) is 5.95 Å². The number of guanidine groups is 1. The van der Waals surface area contributed by atoms with E-state index in [-0.39, 0.29) is 42.5 Å². The fourth-order valence-corrected chi connectivity index (χ4v) is 1.35. The first kappa shape index (κ1) is 20.7. The standard InChI is InChI=1S/C12H19F3N6.HI/c1-3-8(2)20-10(16)17-6-7-19-11-18-5-4-9(21-11)12(13,14)15;/h4-5,8H,3,6-7H2,1-2H3,(H3,16,17,20)(H,18,19,21);1H. The second kappa shape index (κ2) is 9.64. The van der Waals surface area contributed by atoms with E-state index in [4.69, 9.17) is 5.73 Å². The van der Waals surface area contributed by atoms with Gasteiger partial charge in [-0.1, -0.05) is 6.92 Å². The Kier molecular flexibility index (Phi) is 9.06. The maximum atomic E-state index is 12.5. The van der Waals surface area contributed by atoms with Gasteiger partial charge in [0.25, 0.3) is 0 Å². The van der Waals surface area contributed by atoms with Crippen LogP contribution < -0.4 is 16.4 Å². The molecule has 0 fully saturated rings. The fourth-order valence-electron chi connectivity index (χ4n) is 1.35. The second-order valence-corrected chi connectivity index (χ2v) is 4.41. The van der Waals surface area contributed by atoms with E-state index in [1.807, 2.05) is 13.8 Å². The molecule has 1 aromatic rings. The lowest BCUT2D eigenvalue weighted by Crippen LogP contribution is -2.38. The van der Waals surface area contributed by atoms with Crippen molar-refractivity contribution in [1.29, 1.82) is 0 Å². The van der Waals surface area contributed by atoms with E-state index in [0.29, 0.717) is 12.5 Å². The zero-order chi connectivity index (χ0) is 15.9. The van der Waals surface area contributed by atoms with Gasteiger partial charge in [-0.05, 0) is 19.4 Å². The molecule has 0 aliphatic rings. The Morgan fingerprint density at radius 2 is 2.14 bits per heavy atom. The molecule has 1 atom stereocenters. The molecule has 0 aromatic carbocycles. The van der Waals surface area contributed by atoms with Crippen molar-refractivity contribution in [3.05, 3.63) is 18.0 Å². The number of aromatic nitrogens is 2. The summed E-state index contributed by atoms with van der Waals surface area (Å²) in [4.78, 5) is 11.1. The van der Waals surface area contributed by atoms with Crippen LogP contribution in [0, 0.1) is 0 Å². The number of nitrogens with two attached hydrogens (primary N) is 1. The highest BCUT2D eigenvalue weighted by atomic mass is 127. The van der Waals surface area contributed by atoms with Gasteiger partial charge in [0.1, 0.15) is 5.69 Å². The molecule has 0 radical (unpaired) electrons. The Hall–Kier alpha value is -1.33. The van der Waals surface area contributed by atoms with Crippen LogP contribution in [0.3, 0.4) is 0 Å². The Morgan fingerprint density at radius 1 is 1.45 bits per heavy atom. The molecular weight excluding hydrogens is 412 g/mol. The predicted octanol–water partition coefficient (Wildman–Crippen LogP) is 2.23. The van der Waals surface area contributed by atoms with Gasteiger partial charge in [-0.15, -0.1) is 24.0 Å². The van der Waals surface area contributed by atoms with E-state index in [1.165, 1.54) is 0 Å². The van der Waals surface area contributed by atoms with Crippen molar-refractivity contribution < 1.29 is 13.2 Å². The molecule has 126 valence electrons. The summed E-state index contributed by atoms with van der Waals surface area (Å²) in [5, 5.41) is 5.64. The summed E-state index contributed by atoms with van der Waals surface area (Å²) in [5.74, 6) is 0.213. The SMILES string of the molecule is CCC(C)NC(N)=NCCNc1nccc(C(F)(F)F)n1.I. The van der Waals surface area contributed by atoms with Gasteiger partial charge >= 0.3 is 6.18 Å². The summed E-state index contributed by atoms with van der Waals surface area (Å²) in [7, 11) is 0. The van der Waals surface area contributed by atoms with Crippen LogP contribution >= 0.6 is 24.0 Å². The Labute approximate surface area is 144 Å². The molecule has 1 rings (SSSR count). The van der Waals surface area contributed by atoms with Crippen LogP contribution in [0.15, 0.2) is 17.3 Å². The minimum absolute atomic E-state index is 0. The third-order valence-electron chi connectivity index (χ3n) is 2.63. The van der Waals surface area contributed by atoms with E-state index < -0.39 is 11.9 Å². The molecule has 0 aliphatic heterocycles. The normalized spacial score (nSPS) is 13.2. The van der Waals surface area contributed by atoms with Crippen molar-refractivity contribution in [2.45, 2.75) is 32.5 Å². The monoisotopic (exact) mass is 432 g/mol. The predicted molar refractivity (Wildman–Crippen MR) is 90.3 cm³/mol. The van der Waals surface area contributed by atoms with Crippen LogP contribution in [0.4, 0.5) is 19.1 Å². The quantitative estimate of drug-likeness (QED) is 0.278. The third-order valence-corrected chi connectivity index (χ3v) is 2.63. The number of alkyl halides is 3. The molecule has 0 amide bonds. The van der Waals surface area contributed by atoms with E-state index in [2.05, 4.69) is 25.6 Å².